The quantitative estimate of drug-likeness (QED) is 0.420. The number of carbonyl (C=O) groups is 1. The Morgan fingerprint density at radius 2 is 2.13 bits per heavy atom. The smallest absolute Gasteiger partial charge is 0.302 e. The average Bonchev–Trinajstić information content (AvgIpc) is 3.37. The summed E-state index contributed by atoms with van der Waals surface area (Å²) in [5.41, 5.74) is 1.65. The Bertz CT molecular complexity index is 1070. The van der Waals surface area contributed by atoms with E-state index < -0.39 is 11.3 Å². The van der Waals surface area contributed by atoms with Gasteiger partial charge in [-0.15, -0.1) is 11.3 Å². The molecule has 162 valence electrons. The molecule has 0 spiro atoms. The first-order valence-electron chi connectivity index (χ1n) is 9.67. The summed E-state index contributed by atoms with van der Waals surface area (Å²) in [6, 6.07) is 10.8. The maximum Gasteiger partial charge on any atom is 0.302 e. The second-order valence-electron chi connectivity index (χ2n) is 6.94. The summed E-state index contributed by atoms with van der Waals surface area (Å²) in [5.74, 6) is -2.25. The number of aromatic nitrogens is 2. The highest BCUT2D eigenvalue weighted by atomic mass is 32.2. The lowest BCUT2D eigenvalue weighted by atomic mass is 10.0. The molecule has 0 atom stereocenters. The Labute approximate surface area is 186 Å². The second kappa shape index (κ2) is 9.19. The van der Waals surface area contributed by atoms with Crippen LogP contribution < -0.4 is 14.8 Å². The van der Waals surface area contributed by atoms with Gasteiger partial charge in [-0.25, -0.2) is 4.98 Å². The van der Waals surface area contributed by atoms with Gasteiger partial charge in [-0.2, -0.15) is 8.78 Å². The molecule has 1 saturated carbocycles. The van der Waals surface area contributed by atoms with Gasteiger partial charge in [0.15, 0.2) is 0 Å². The number of anilines is 1. The van der Waals surface area contributed by atoms with Gasteiger partial charge in [-0.05, 0) is 49.6 Å². The molecule has 1 fully saturated rings. The molecule has 31 heavy (non-hydrogen) atoms. The fraction of sp³-hybridized carbons (Fsp3) is 0.286. The first-order valence-corrected chi connectivity index (χ1v) is 11.4. The summed E-state index contributed by atoms with van der Waals surface area (Å²) in [6.45, 7) is 2.37. The highest BCUT2D eigenvalue weighted by Gasteiger charge is 2.46. The first-order chi connectivity index (χ1) is 15.0. The van der Waals surface area contributed by atoms with Crippen LogP contribution >= 0.6 is 23.3 Å². The van der Waals surface area contributed by atoms with Crippen molar-refractivity contribution in [2.24, 2.45) is 0 Å². The molecule has 1 aliphatic carbocycles. The molecular weight excluding hydrogens is 442 g/mol. The third-order valence-corrected chi connectivity index (χ3v) is 6.41. The van der Waals surface area contributed by atoms with Crippen LogP contribution in [0.15, 0.2) is 48.8 Å². The minimum absolute atomic E-state index is 0.178. The highest BCUT2D eigenvalue weighted by Crippen LogP contribution is 2.46. The molecule has 1 aromatic carbocycles. The lowest BCUT2D eigenvalue weighted by Crippen LogP contribution is -2.34. The molecular formula is C21H20F2N4O2S2. The SMILES string of the molecule is CCOc1cncc(-c2ccc(C(=O)NC3(c4cccc(NSC(F)F)c4)CC3)s2)n1. The minimum atomic E-state index is -2.51. The molecule has 1 amide bonds. The fourth-order valence-corrected chi connectivity index (χ4v) is 4.37. The Morgan fingerprint density at radius 1 is 1.29 bits per heavy atom. The number of benzene rings is 1. The van der Waals surface area contributed by atoms with E-state index in [1.165, 1.54) is 11.3 Å². The van der Waals surface area contributed by atoms with Crippen LogP contribution in [0.5, 0.6) is 5.88 Å². The number of hydrogen-bond donors (Lipinski definition) is 2. The Hall–Kier alpha value is -2.72. The maximum absolute atomic E-state index is 12.9. The van der Waals surface area contributed by atoms with E-state index in [1.807, 2.05) is 19.1 Å². The van der Waals surface area contributed by atoms with Crippen LogP contribution in [-0.4, -0.2) is 28.2 Å². The van der Waals surface area contributed by atoms with E-state index in [2.05, 4.69) is 20.0 Å². The molecule has 0 bridgehead atoms. The minimum Gasteiger partial charge on any atom is -0.477 e. The number of hydrogen-bond acceptors (Lipinski definition) is 7. The van der Waals surface area contributed by atoms with Gasteiger partial charge in [0.2, 0.25) is 5.88 Å². The summed E-state index contributed by atoms with van der Waals surface area (Å²) < 4.78 is 32.9. The molecule has 0 aliphatic heterocycles. The number of ether oxygens (including phenoxy) is 1. The summed E-state index contributed by atoms with van der Waals surface area (Å²) in [5, 5.41) is 3.12. The summed E-state index contributed by atoms with van der Waals surface area (Å²) in [6.07, 6.45) is 4.77. The van der Waals surface area contributed by atoms with E-state index in [4.69, 9.17) is 4.74 Å². The summed E-state index contributed by atoms with van der Waals surface area (Å²) in [7, 11) is 0. The zero-order chi connectivity index (χ0) is 21.8. The molecule has 0 unspecified atom stereocenters. The number of halogens is 2. The maximum atomic E-state index is 12.9. The first kappa shape index (κ1) is 21.5. The molecule has 3 aromatic rings. The van der Waals surface area contributed by atoms with E-state index in [0.717, 1.165) is 23.3 Å². The van der Waals surface area contributed by atoms with Crippen molar-refractivity contribution in [3.05, 3.63) is 59.2 Å². The van der Waals surface area contributed by atoms with Gasteiger partial charge in [0.25, 0.3) is 5.91 Å². The number of rotatable bonds is 9. The average molecular weight is 463 g/mol. The van der Waals surface area contributed by atoms with E-state index in [0.29, 0.717) is 40.7 Å². The van der Waals surface area contributed by atoms with Gasteiger partial charge < -0.3 is 14.8 Å². The normalized spacial score (nSPS) is 14.3. The number of amides is 1. The molecule has 4 rings (SSSR count). The van der Waals surface area contributed by atoms with Crippen molar-refractivity contribution >= 4 is 34.9 Å². The van der Waals surface area contributed by atoms with Gasteiger partial charge in [-0.1, -0.05) is 12.1 Å². The Morgan fingerprint density at radius 3 is 2.87 bits per heavy atom. The van der Waals surface area contributed by atoms with Gasteiger partial charge in [0.1, 0.15) is 5.69 Å². The van der Waals surface area contributed by atoms with Crippen molar-refractivity contribution in [2.45, 2.75) is 31.1 Å². The molecule has 2 N–H and O–H groups in total. The Kier molecular flexibility index (Phi) is 6.38. The van der Waals surface area contributed by atoms with Crippen LogP contribution in [0.1, 0.15) is 35.0 Å². The van der Waals surface area contributed by atoms with Crippen molar-refractivity contribution in [2.75, 3.05) is 11.3 Å². The van der Waals surface area contributed by atoms with E-state index in [1.54, 1.807) is 36.7 Å². The highest BCUT2D eigenvalue weighted by molar-refractivity contribution is 8.00. The third-order valence-electron chi connectivity index (χ3n) is 4.77. The molecule has 6 nitrogen and oxygen atoms in total. The standard InChI is InChI=1S/C21H20F2N4O2S2/c1-2-29-18-12-24-11-15(25-18)16-6-7-17(30-16)19(28)26-21(8-9-21)13-4-3-5-14(10-13)27-31-20(22)23/h3-7,10-12,20,27H,2,8-9H2,1H3,(H,26,28). The summed E-state index contributed by atoms with van der Waals surface area (Å²) in [4.78, 5) is 22.8. The predicted octanol–water partition coefficient (Wildman–Crippen LogP) is 5.31. The van der Waals surface area contributed by atoms with Gasteiger partial charge >= 0.3 is 5.76 Å². The number of carbonyl (C=O) groups excluding carboxylic acids is 1. The van der Waals surface area contributed by atoms with Crippen LogP contribution in [0, 0.1) is 0 Å². The largest absolute Gasteiger partial charge is 0.477 e. The molecule has 2 aromatic heterocycles. The summed E-state index contributed by atoms with van der Waals surface area (Å²) >= 11 is 1.68. The van der Waals surface area contributed by atoms with Crippen LogP contribution in [0.4, 0.5) is 14.5 Å². The molecule has 2 heterocycles. The van der Waals surface area contributed by atoms with Crippen molar-refractivity contribution < 1.29 is 18.3 Å². The van der Waals surface area contributed by atoms with Crippen LogP contribution in [0.3, 0.4) is 0 Å². The molecule has 0 radical (unpaired) electrons. The topological polar surface area (TPSA) is 76.1 Å². The lowest BCUT2D eigenvalue weighted by Gasteiger charge is -2.18. The van der Waals surface area contributed by atoms with Crippen LogP contribution in [0.2, 0.25) is 0 Å². The van der Waals surface area contributed by atoms with Gasteiger partial charge in [0.05, 0.1) is 34.3 Å². The number of alkyl halides is 2. The van der Waals surface area contributed by atoms with Gasteiger partial charge in [-0.3, -0.25) is 9.78 Å². The van der Waals surface area contributed by atoms with Crippen molar-refractivity contribution in [3.8, 4) is 16.5 Å². The molecule has 1 aliphatic rings. The monoisotopic (exact) mass is 462 g/mol. The van der Waals surface area contributed by atoms with Crippen LogP contribution in [0.25, 0.3) is 10.6 Å². The van der Waals surface area contributed by atoms with E-state index in [-0.39, 0.29) is 5.91 Å². The predicted molar refractivity (Wildman–Crippen MR) is 119 cm³/mol. The zero-order valence-electron chi connectivity index (χ0n) is 16.6. The Balaban J connectivity index is 1.47. The number of nitrogens with one attached hydrogen (secondary N) is 2. The third kappa shape index (κ3) is 5.13. The van der Waals surface area contributed by atoms with Gasteiger partial charge in [0, 0.05) is 17.6 Å². The van der Waals surface area contributed by atoms with Crippen LogP contribution in [-0.2, 0) is 5.54 Å². The number of nitrogens with zero attached hydrogens (tertiary/aromatic N) is 2. The number of thiophene rings is 1. The fourth-order valence-electron chi connectivity index (χ4n) is 3.16. The molecule has 0 saturated heterocycles. The zero-order valence-corrected chi connectivity index (χ0v) is 18.2. The van der Waals surface area contributed by atoms with E-state index >= 15 is 0 Å². The van der Waals surface area contributed by atoms with Crippen molar-refractivity contribution in [3.63, 3.8) is 0 Å². The van der Waals surface area contributed by atoms with Crippen molar-refractivity contribution in [1.82, 2.24) is 15.3 Å². The lowest BCUT2D eigenvalue weighted by molar-refractivity contribution is 0.0935. The van der Waals surface area contributed by atoms with Crippen molar-refractivity contribution in [1.29, 1.82) is 0 Å². The van der Waals surface area contributed by atoms with E-state index in [9.17, 15) is 13.6 Å². The molecule has 10 heteroatoms. The second-order valence-corrected chi connectivity index (χ2v) is 8.82.